The number of hydrogen-bond donors (Lipinski definition) is 1. The number of anilines is 1. The fourth-order valence-electron chi connectivity index (χ4n) is 4.42. The lowest BCUT2D eigenvalue weighted by Crippen LogP contribution is -2.73. The molecule has 0 spiro atoms. The van der Waals surface area contributed by atoms with E-state index >= 15 is 0 Å². The first-order valence-electron chi connectivity index (χ1n) is 11.1. The van der Waals surface area contributed by atoms with Gasteiger partial charge < -0.3 is 20.0 Å². The van der Waals surface area contributed by atoms with Gasteiger partial charge >= 0.3 is 6.03 Å². The molecule has 1 atom stereocenters. The zero-order valence-electron chi connectivity index (χ0n) is 19.6. The number of halogens is 1. The molecule has 180 valence electrons. The third kappa shape index (κ3) is 4.95. The van der Waals surface area contributed by atoms with Crippen LogP contribution in [-0.2, 0) is 22.7 Å². The number of amides is 4. The standard InChI is InChI=1S/C24H29ClN6O3/c1-27(2)20-10-9-19(25)11-18(20)13-29-14-21-30(16-22(29)32)23(33)15-28(3)31(21)24(34)26-12-17-7-5-4-6-8-17/h4-11,21H,12-16H2,1-3H3,(H,26,34). The maximum Gasteiger partial charge on any atom is 0.334 e. The number of nitrogens with zero attached hydrogens (tertiary/aromatic N) is 5. The number of carbonyl (C=O) groups excluding carboxylic acids is 3. The molecule has 0 aliphatic carbocycles. The second kappa shape index (κ2) is 9.90. The average Bonchev–Trinajstić information content (AvgIpc) is 2.79. The van der Waals surface area contributed by atoms with Crippen LogP contribution in [0, 0.1) is 0 Å². The molecule has 2 aromatic rings. The van der Waals surface area contributed by atoms with Crippen molar-refractivity contribution in [2.24, 2.45) is 0 Å². The van der Waals surface area contributed by atoms with Gasteiger partial charge in [0.15, 0.2) is 0 Å². The first kappa shape index (κ1) is 23.8. The summed E-state index contributed by atoms with van der Waals surface area (Å²) in [6.45, 7) is 0.850. The summed E-state index contributed by atoms with van der Waals surface area (Å²) >= 11 is 6.23. The molecule has 2 saturated heterocycles. The maximum atomic E-state index is 13.2. The smallest absolute Gasteiger partial charge is 0.334 e. The lowest BCUT2D eigenvalue weighted by molar-refractivity contribution is -0.178. The van der Waals surface area contributed by atoms with Gasteiger partial charge in [0.05, 0.1) is 13.1 Å². The number of likely N-dealkylation sites (N-methyl/N-ethyl adjacent to an activating group) is 1. The molecule has 2 fully saturated rings. The van der Waals surface area contributed by atoms with Crippen LogP contribution < -0.4 is 10.2 Å². The lowest BCUT2D eigenvalue weighted by atomic mass is 10.1. The maximum absolute atomic E-state index is 13.2. The van der Waals surface area contributed by atoms with Gasteiger partial charge in [0.1, 0.15) is 12.7 Å². The van der Waals surface area contributed by atoms with E-state index in [9.17, 15) is 14.4 Å². The molecule has 0 bridgehead atoms. The zero-order valence-corrected chi connectivity index (χ0v) is 20.3. The quantitative estimate of drug-likeness (QED) is 0.702. The highest BCUT2D eigenvalue weighted by Crippen LogP contribution is 2.27. The van der Waals surface area contributed by atoms with E-state index in [1.165, 1.54) is 9.91 Å². The fourth-order valence-corrected chi connectivity index (χ4v) is 4.62. The summed E-state index contributed by atoms with van der Waals surface area (Å²) in [6, 6.07) is 14.9. The van der Waals surface area contributed by atoms with Crippen molar-refractivity contribution >= 4 is 35.1 Å². The van der Waals surface area contributed by atoms with Crippen molar-refractivity contribution in [2.45, 2.75) is 19.3 Å². The van der Waals surface area contributed by atoms with Gasteiger partial charge in [-0.25, -0.2) is 14.8 Å². The van der Waals surface area contributed by atoms with E-state index in [1.54, 1.807) is 17.0 Å². The highest BCUT2D eigenvalue weighted by molar-refractivity contribution is 6.30. The van der Waals surface area contributed by atoms with Gasteiger partial charge in [-0.2, -0.15) is 0 Å². The van der Waals surface area contributed by atoms with Crippen molar-refractivity contribution in [3.63, 3.8) is 0 Å². The van der Waals surface area contributed by atoms with Crippen LogP contribution >= 0.6 is 11.6 Å². The number of nitrogens with one attached hydrogen (secondary N) is 1. The summed E-state index contributed by atoms with van der Waals surface area (Å²) in [6.07, 6.45) is -0.596. The summed E-state index contributed by atoms with van der Waals surface area (Å²) < 4.78 is 0. The molecule has 2 aliphatic heterocycles. The van der Waals surface area contributed by atoms with Crippen LogP contribution in [0.25, 0.3) is 0 Å². The van der Waals surface area contributed by atoms with Crippen LogP contribution in [0.2, 0.25) is 5.02 Å². The van der Waals surface area contributed by atoms with E-state index in [2.05, 4.69) is 5.32 Å². The largest absolute Gasteiger partial charge is 0.377 e. The molecule has 2 heterocycles. The number of carbonyl (C=O) groups is 3. The third-order valence-electron chi connectivity index (χ3n) is 6.12. The lowest BCUT2D eigenvalue weighted by Gasteiger charge is -2.51. The number of benzene rings is 2. The second-order valence-electron chi connectivity index (χ2n) is 8.75. The first-order valence-corrected chi connectivity index (χ1v) is 11.5. The van der Waals surface area contributed by atoms with Gasteiger partial charge in [-0.05, 0) is 29.3 Å². The fraction of sp³-hybridized carbons (Fsp3) is 0.375. The Balaban J connectivity index is 1.54. The van der Waals surface area contributed by atoms with Crippen molar-refractivity contribution in [1.29, 1.82) is 0 Å². The molecule has 34 heavy (non-hydrogen) atoms. The average molecular weight is 485 g/mol. The van der Waals surface area contributed by atoms with E-state index in [-0.39, 0.29) is 37.5 Å². The summed E-state index contributed by atoms with van der Waals surface area (Å²) in [7, 11) is 5.57. The van der Waals surface area contributed by atoms with Crippen LogP contribution in [-0.4, -0.2) is 84.6 Å². The second-order valence-corrected chi connectivity index (χ2v) is 9.19. The normalized spacial score (nSPS) is 18.7. The molecule has 2 aromatic carbocycles. The molecular weight excluding hydrogens is 456 g/mol. The summed E-state index contributed by atoms with van der Waals surface area (Å²) in [5, 5.41) is 6.67. The minimum atomic E-state index is -0.596. The van der Waals surface area contributed by atoms with Crippen molar-refractivity contribution in [2.75, 3.05) is 45.7 Å². The highest BCUT2D eigenvalue weighted by Gasteiger charge is 2.45. The Morgan fingerprint density at radius 2 is 1.82 bits per heavy atom. The molecule has 1 unspecified atom stereocenters. The predicted octanol–water partition coefficient (Wildman–Crippen LogP) is 1.98. The van der Waals surface area contributed by atoms with E-state index in [1.807, 2.05) is 67.5 Å². The molecule has 9 nitrogen and oxygen atoms in total. The minimum absolute atomic E-state index is 0.0294. The number of urea groups is 1. The van der Waals surface area contributed by atoms with Gasteiger partial charge in [0, 0.05) is 44.9 Å². The first-order chi connectivity index (χ1) is 16.2. The molecule has 0 aromatic heterocycles. The van der Waals surface area contributed by atoms with Crippen LogP contribution in [0.5, 0.6) is 0 Å². The van der Waals surface area contributed by atoms with Gasteiger partial charge in [-0.1, -0.05) is 41.9 Å². The van der Waals surface area contributed by atoms with Crippen molar-refractivity contribution in [1.82, 2.24) is 25.1 Å². The Kier molecular flexibility index (Phi) is 6.95. The Morgan fingerprint density at radius 1 is 1.09 bits per heavy atom. The summed E-state index contributed by atoms with van der Waals surface area (Å²) in [5.41, 5.74) is 2.82. The van der Waals surface area contributed by atoms with Gasteiger partial charge in [0.25, 0.3) is 0 Å². The van der Waals surface area contributed by atoms with Crippen molar-refractivity contribution < 1.29 is 14.4 Å². The molecule has 10 heteroatoms. The monoisotopic (exact) mass is 484 g/mol. The van der Waals surface area contributed by atoms with Crippen LogP contribution in [0.3, 0.4) is 0 Å². The van der Waals surface area contributed by atoms with E-state index < -0.39 is 6.17 Å². The van der Waals surface area contributed by atoms with Crippen LogP contribution in [0.1, 0.15) is 11.1 Å². The van der Waals surface area contributed by atoms with E-state index in [0.717, 1.165) is 16.8 Å². The number of hydrazine groups is 1. The molecule has 4 rings (SSSR count). The number of piperazine rings is 1. The minimum Gasteiger partial charge on any atom is -0.377 e. The van der Waals surface area contributed by atoms with Gasteiger partial charge in [0.2, 0.25) is 11.8 Å². The SMILES string of the molecule is CN(C)c1ccc(Cl)cc1CN1CC2N(CC1=O)C(=O)CN(C)N2C(=O)NCc1ccccc1. The molecular formula is C24H29ClN6O3. The van der Waals surface area contributed by atoms with Crippen molar-refractivity contribution in [3.8, 4) is 0 Å². The molecule has 1 N–H and O–H groups in total. The third-order valence-corrected chi connectivity index (χ3v) is 6.35. The summed E-state index contributed by atoms with van der Waals surface area (Å²) in [5.74, 6) is -0.340. The van der Waals surface area contributed by atoms with Crippen LogP contribution in [0.4, 0.5) is 10.5 Å². The highest BCUT2D eigenvalue weighted by atomic mass is 35.5. The van der Waals surface area contributed by atoms with E-state index in [4.69, 9.17) is 11.6 Å². The molecule has 0 radical (unpaired) electrons. The topological polar surface area (TPSA) is 79.4 Å². The zero-order chi connectivity index (χ0) is 24.4. The Morgan fingerprint density at radius 3 is 2.53 bits per heavy atom. The van der Waals surface area contributed by atoms with Crippen LogP contribution in [0.15, 0.2) is 48.5 Å². The van der Waals surface area contributed by atoms with Gasteiger partial charge in [-0.15, -0.1) is 0 Å². The predicted molar refractivity (Wildman–Crippen MR) is 130 cm³/mol. The summed E-state index contributed by atoms with van der Waals surface area (Å²) in [4.78, 5) is 44.0. The Labute approximate surface area is 204 Å². The molecule has 4 amide bonds. The number of fused-ring (bicyclic) bond motifs is 1. The molecule has 2 aliphatic rings. The van der Waals surface area contributed by atoms with E-state index in [0.29, 0.717) is 18.1 Å². The molecule has 0 saturated carbocycles. The number of rotatable bonds is 5. The van der Waals surface area contributed by atoms with Crippen molar-refractivity contribution in [3.05, 3.63) is 64.7 Å². The van der Waals surface area contributed by atoms with Gasteiger partial charge in [-0.3, -0.25) is 9.59 Å². The number of hydrogen-bond acceptors (Lipinski definition) is 5. The Bertz CT molecular complexity index is 1080. The Hall–Kier alpha value is -3.30.